The highest BCUT2D eigenvalue weighted by Crippen LogP contribution is 2.36. The van der Waals surface area contributed by atoms with Gasteiger partial charge in [0.05, 0.1) is 17.2 Å². The third-order valence-electron chi connectivity index (χ3n) is 6.58. The van der Waals surface area contributed by atoms with Gasteiger partial charge in [-0.25, -0.2) is 0 Å². The van der Waals surface area contributed by atoms with E-state index in [9.17, 15) is 9.59 Å². The summed E-state index contributed by atoms with van der Waals surface area (Å²) in [6, 6.07) is 16.8. The number of carbonyl (C=O) groups excluding carboxylic acids is 2. The third kappa shape index (κ3) is 5.44. The summed E-state index contributed by atoms with van der Waals surface area (Å²) in [6.07, 6.45) is 5.40. The van der Waals surface area contributed by atoms with E-state index >= 15 is 0 Å². The van der Waals surface area contributed by atoms with Gasteiger partial charge in [-0.15, -0.1) is 0 Å². The molecule has 2 aliphatic heterocycles. The van der Waals surface area contributed by atoms with E-state index in [0.29, 0.717) is 36.7 Å². The van der Waals surface area contributed by atoms with Gasteiger partial charge in [0.15, 0.2) is 0 Å². The molecule has 2 amide bonds. The average molecular weight is 455 g/mol. The maximum Gasteiger partial charge on any atom is 0.255 e. The monoisotopic (exact) mass is 454 g/mol. The normalized spacial score (nSPS) is 21.3. The van der Waals surface area contributed by atoms with E-state index in [0.717, 1.165) is 44.5 Å². The van der Waals surface area contributed by atoms with Gasteiger partial charge in [-0.3, -0.25) is 9.59 Å². The van der Waals surface area contributed by atoms with Gasteiger partial charge in [0.1, 0.15) is 5.75 Å². The first-order valence-electron chi connectivity index (χ1n) is 11.6. The molecule has 1 atom stereocenters. The summed E-state index contributed by atoms with van der Waals surface area (Å²) in [5.41, 5.74) is 0.0933. The van der Waals surface area contributed by atoms with Gasteiger partial charge in [0, 0.05) is 38.0 Å². The molecule has 6 heteroatoms. The molecule has 0 saturated carbocycles. The van der Waals surface area contributed by atoms with Crippen LogP contribution in [0.5, 0.6) is 5.75 Å². The first-order chi connectivity index (χ1) is 15.6. The van der Waals surface area contributed by atoms with Crippen LogP contribution in [0.3, 0.4) is 0 Å². The zero-order valence-corrected chi connectivity index (χ0v) is 19.2. The smallest absolute Gasteiger partial charge is 0.255 e. The minimum atomic E-state index is -0.417. The SMILES string of the molecule is O=C(C[C@@]1(COc2ccccc2)CCCN(C(=O)c2ccccc2Cl)C1)N1CCCCC1. The molecule has 32 heavy (non-hydrogen) atoms. The molecule has 170 valence electrons. The molecule has 0 radical (unpaired) electrons. The fourth-order valence-electron chi connectivity index (χ4n) is 4.83. The highest BCUT2D eigenvalue weighted by atomic mass is 35.5. The molecule has 2 fully saturated rings. The Hall–Kier alpha value is -2.53. The van der Waals surface area contributed by atoms with E-state index in [1.807, 2.05) is 52.3 Å². The van der Waals surface area contributed by atoms with Crippen molar-refractivity contribution in [2.75, 3.05) is 32.8 Å². The summed E-state index contributed by atoms with van der Waals surface area (Å²) < 4.78 is 6.16. The van der Waals surface area contributed by atoms with Crippen LogP contribution in [0.15, 0.2) is 54.6 Å². The molecule has 2 aromatic rings. The summed E-state index contributed by atoms with van der Waals surface area (Å²) in [5, 5.41) is 0.457. The van der Waals surface area contributed by atoms with Gasteiger partial charge in [-0.05, 0) is 56.4 Å². The first kappa shape index (κ1) is 22.7. The Morgan fingerprint density at radius 2 is 1.56 bits per heavy atom. The first-order valence-corrected chi connectivity index (χ1v) is 11.9. The Labute approximate surface area is 195 Å². The second kappa shape index (κ2) is 10.4. The Kier molecular flexibility index (Phi) is 7.36. The molecular formula is C26H31ClN2O3. The van der Waals surface area contributed by atoms with Crippen molar-refractivity contribution in [1.29, 1.82) is 0 Å². The lowest BCUT2D eigenvalue weighted by atomic mass is 9.77. The van der Waals surface area contributed by atoms with Crippen molar-refractivity contribution in [3.63, 3.8) is 0 Å². The Bertz CT molecular complexity index is 930. The standard InChI is InChI=1S/C26H31ClN2O3/c27-23-13-6-5-12-22(23)25(31)29-17-9-14-26(19-29,20-32-21-10-3-1-4-11-21)18-24(30)28-15-7-2-8-16-28/h1,3-6,10-13H,2,7-9,14-20H2/t26-/m0/s1. The molecule has 2 saturated heterocycles. The summed E-state index contributed by atoms with van der Waals surface area (Å²) in [7, 11) is 0. The van der Waals surface area contributed by atoms with Gasteiger partial charge in [-0.1, -0.05) is 41.9 Å². The summed E-state index contributed by atoms with van der Waals surface area (Å²) in [6.45, 7) is 3.22. The van der Waals surface area contributed by atoms with E-state index in [-0.39, 0.29) is 11.8 Å². The van der Waals surface area contributed by atoms with Crippen LogP contribution < -0.4 is 4.74 Å². The van der Waals surface area contributed by atoms with Gasteiger partial charge in [0.2, 0.25) is 5.91 Å². The topological polar surface area (TPSA) is 49.9 Å². The lowest BCUT2D eigenvalue weighted by molar-refractivity contribution is -0.136. The number of nitrogens with zero attached hydrogens (tertiary/aromatic N) is 2. The number of likely N-dealkylation sites (tertiary alicyclic amines) is 2. The number of ether oxygens (including phenoxy) is 1. The molecule has 0 spiro atoms. The minimum Gasteiger partial charge on any atom is -0.493 e. The van der Waals surface area contributed by atoms with E-state index in [2.05, 4.69) is 0 Å². The number of piperidine rings is 2. The zero-order valence-electron chi connectivity index (χ0n) is 18.5. The number of rotatable bonds is 6. The van der Waals surface area contributed by atoms with Gasteiger partial charge >= 0.3 is 0 Å². The number of carbonyl (C=O) groups is 2. The largest absolute Gasteiger partial charge is 0.493 e. The number of amides is 2. The fourth-order valence-corrected chi connectivity index (χ4v) is 5.05. The summed E-state index contributed by atoms with van der Waals surface area (Å²) in [5.74, 6) is 0.880. The Morgan fingerprint density at radius 3 is 2.31 bits per heavy atom. The van der Waals surface area contributed by atoms with Crippen LogP contribution in [0.4, 0.5) is 0 Å². The molecule has 0 aliphatic carbocycles. The van der Waals surface area contributed by atoms with E-state index in [4.69, 9.17) is 16.3 Å². The molecule has 5 nitrogen and oxygen atoms in total. The van der Waals surface area contributed by atoms with Crippen molar-refractivity contribution in [2.24, 2.45) is 5.41 Å². The van der Waals surface area contributed by atoms with Crippen LogP contribution >= 0.6 is 11.6 Å². The quantitative estimate of drug-likeness (QED) is 0.614. The van der Waals surface area contributed by atoms with Crippen molar-refractivity contribution >= 4 is 23.4 Å². The molecule has 0 unspecified atom stereocenters. The van der Waals surface area contributed by atoms with Gasteiger partial charge in [-0.2, -0.15) is 0 Å². The van der Waals surface area contributed by atoms with Crippen LogP contribution in [0.25, 0.3) is 0 Å². The third-order valence-corrected chi connectivity index (χ3v) is 6.91. The van der Waals surface area contributed by atoms with E-state index in [1.165, 1.54) is 6.42 Å². The summed E-state index contributed by atoms with van der Waals surface area (Å²) >= 11 is 6.30. The Morgan fingerprint density at radius 1 is 0.875 bits per heavy atom. The van der Waals surface area contributed by atoms with E-state index in [1.54, 1.807) is 12.1 Å². The molecule has 2 aliphatic rings. The highest BCUT2D eigenvalue weighted by molar-refractivity contribution is 6.33. The van der Waals surface area contributed by atoms with Crippen LogP contribution in [-0.4, -0.2) is 54.4 Å². The van der Waals surface area contributed by atoms with Crippen molar-refractivity contribution in [1.82, 2.24) is 9.80 Å². The van der Waals surface area contributed by atoms with Crippen LogP contribution in [0.1, 0.15) is 48.9 Å². The molecule has 0 aromatic heterocycles. The number of halogens is 1. The average Bonchev–Trinajstić information content (AvgIpc) is 2.84. The van der Waals surface area contributed by atoms with Crippen molar-refractivity contribution in [2.45, 2.75) is 38.5 Å². The number of hydrogen-bond donors (Lipinski definition) is 0. The summed E-state index contributed by atoms with van der Waals surface area (Å²) in [4.78, 5) is 30.3. The highest BCUT2D eigenvalue weighted by Gasteiger charge is 2.41. The number of benzene rings is 2. The lowest BCUT2D eigenvalue weighted by Gasteiger charge is -2.43. The van der Waals surface area contributed by atoms with E-state index < -0.39 is 5.41 Å². The maximum atomic E-state index is 13.3. The molecule has 0 bridgehead atoms. The Balaban J connectivity index is 1.53. The molecule has 0 N–H and O–H groups in total. The van der Waals surface area contributed by atoms with Crippen LogP contribution in [-0.2, 0) is 4.79 Å². The second-order valence-electron chi connectivity index (χ2n) is 9.03. The molecule has 2 aromatic carbocycles. The lowest BCUT2D eigenvalue weighted by Crippen LogP contribution is -2.51. The van der Waals surface area contributed by atoms with Gasteiger partial charge < -0.3 is 14.5 Å². The maximum absolute atomic E-state index is 13.3. The minimum absolute atomic E-state index is 0.0789. The van der Waals surface area contributed by atoms with Crippen molar-refractivity contribution in [3.8, 4) is 5.75 Å². The number of hydrogen-bond acceptors (Lipinski definition) is 3. The predicted octanol–water partition coefficient (Wildman–Crippen LogP) is 5.04. The van der Waals surface area contributed by atoms with Gasteiger partial charge in [0.25, 0.3) is 5.91 Å². The second-order valence-corrected chi connectivity index (χ2v) is 9.44. The molecular weight excluding hydrogens is 424 g/mol. The fraction of sp³-hybridized carbons (Fsp3) is 0.462. The predicted molar refractivity (Wildman–Crippen MR) is 126 cm³/mol. The van der Waals surface area contributed by atoms with Crippen molar-refractivity contribution < 1.29 is 14.3 Å². The zero-order chi connectivity index (χ0) is 22.4. The molecule has 2 heterocycles. The molecule has 4 rings (SSSR count). The van der Waals surface area contributed by atoms with Crippen LogP contribution in [0, 0.1) is 5.41 Å². The number of para-hydroxylation sites is 1. The van der Waals surface area contributed by atoms with Crippen molar-refractivity contribution in [3.05, 3.63) is 65.2 Å². The van der Waals surface area contributed by atoms with Crippen LogP contribution in [0.2, 0.25) is 5.02 Å².